The van der Waals surface area contributed by atoms with E-state index in [1.807, 2.05) is 13.8 Å². The molecule has 1 fully saturated rings. The lowest BCUT2D eigenvalue weighted by atomic mass is 9.83. The van der Waals surface area contributed by atoms with Crippen LogP contribution in [0.3, 0.4) is 0 Å². The molecule has 1 aromatic rings. The molecular formula is C18H27N3O3. The number of piperidine rings is 1. The Kier molecular flexibility index (Phi) is 5.94. The van der Waals surface area contributed by atoms with Crippen molar-refractivity contribution >= 4 is 11.6 Å². The van der Waals surface area contributed by atoms with Crippen molar-refractivity contribution in [2.24, 2.45) is 11.8 Å². The van der Waals surface area contributed by atoms with Gasteiger partial charge in [0.15, 0.2) is 0 Å². The van der Waals surface area contributed by atoms with Crippen LogP contribution in [0, 0.1) is 22.0 Å². The molecular weight excluding hydrogens is 306 g/mol. The second-order valence-electron chi connectivity index (χ2n) is 7.25. The summed E-state index contributed by atoms with van der Waals surface area (Å²) in [6.45, 7) is 8.05. The predicted octanol–water partition coefficient (Wildman–Crippen LogP) is 2.97. The van der Waals surface area contributed by atoms with Gasteiger partial charge in [0.2, 0.25) is 5.91 Å². The molecule has 0 radical (unpaired) electrons. The number of nitro groups is 1. The molecule has 0 spiro atoms. The highest BCUT2D eigenvalue weighted by Crippen LogP contribution is 2.26. The van der Waals surface area contributed by atoms with Gasteiger partial charge < -0.3 is 10.6 Å². The highest BCUT2D eigenvalue weighted by molar-refractivity contribution is 5.77. The molecule has 1 unspecified atom stereocenters. The molecule has 24 heavy (non-hydrogen) atoms. The predicted molar refractivity (Wildman–Crippen MR) is 93.6 cm³/mol. The van der Waals surface area contributed by atoms with Gasteiger partial charge in [-0.05, 0) is 69.3 Å². The van der Waals surface area contributed by atoms with Crippen LogP contribution < -0.4 is 10.6 Å². The van der Waals surface area contributed by atoms with Gasteiger partial charge in [-0.2, -0.15) is 0 Å². The molecule has 0 aliphatic carbocycles. The summed E-state index contributed by atoms with van der Waals surface area (Å²) in [5, 5.41) is 17.2. The average Bonchev–Trinajstić information content (AvgIpc) is 2.55. The summed E-state index contributed by atoms with van der Waals surface area (Å²) in [4.78, 5) is 22.7. The van der Waals surface area contributed by atoms with Crippen molar-refractivity contribution in [2.75, 3.05) is 13.1 Å². The molecule has 1 aliphatic rings. The number of rotatable bonds is 6. The number of hydrogen-bond acceptors (Lipinski definition) is 4. The molecule has 1 saturated heterocycles. The van der Waals surface area contributed by atoms with Gasteiger partial charge in [0.25, 0.3) is 5.69 Å². The minimum atomic E-state index is -0.556. The minimum absolute atomic E-state index is 0.0318. The van der Waals surface area contributed by atoms with Gasteiger partial charge >= 0.3 is 0 Å². The highest BCUT2D eigenvalue weighted by Gasteiger charge is 2.27. The van der Waals surface area contributed by atoms with Crippen LogP contribution >= 0.6 is 0 Å². The molecule has 132 valence electrons. The standard InChI is InChI=1S/C18H27N3O3/c1-13(14-8-10-19-11-9-14)12-17(22)20-18(2,3)15-4-6-16(7-5-15)21(23)24/h4-7,13-14,19H,8-12H2,1-3H3,(H,20,22). The van der Waals surface area contributed by atoms with Crippen molar-refractivity contribution in [3.8, 4) is 0 Å². The molecule has 6 heteroatoms. The maximum absolute atomic E-state index is 12.4. The van der Waals surface area contributed by atoms with Crippen LogP contribution in [0.1, 0.15) is 45.6 Å². The van der Waals surface area contributed by atoms with Gasteiger partial charge in [-0.15, -0.1) is 0 Å². The summed E-state index contributed by atoms with van der Waals surface area (Å²) in [5.74, 6) is 0.989. The van der Waals surface area contributed by atoms with Crippen molar-refractivity contribution in [1.82, 2.24) is 10.6 Å². The topological polar surface area (TPSA) is 84.3 Å². The summed E-state index contributed by atoms with van der Waals surface area (Å²) >= 11 is 0. The van der Waals surface area contributed by atoms with Crippen LogP contribution in [-0.4, -0.2) is 23.9 Å². The second kappa shape index (κ2) is 7.75. The Morgan fingerprint density at radius 2 is 1.92 bits per heavy atom. The lowest BCUT2D eigenvalue weighted by Gasteiger charge is -2.30. The van der Waals surface area contributed by atoms with Gasteiger partial charge in [-0.1, -0.05) is 6.92 Å². The van der Waals surface area contributed by atoms with Crippen LogP contribution in [0.15, 0.2) is 24.3 Å². The van der Waals surface area contributed by atoms with Gasteiger partial charge in [0, 0.05) is 18.6 Å². The van der Waals surface area contributed by atoms with E-state index in [1.165, 1.54) is 12.1 Å². The average molecular weight is 333 g/mol. The fraction of sp³-hybridized carbons (Fsp3) is 0.611. The van der Waals surface area contributed by atoms with E-state index >= 15 is 0 Å². The summed E-state index contributed by atoms with van der Waals surface area (Å²) in [6, 6.07) is 6.35. The third-order valence-electron chi connectivity index (χ3n) is 4.95. The molecule has 0 bridgehead atoms. The molecule has 1 aromatic carbocycles. The molecule has 1 aliphatic heterocycles. The van der Waals surface area contributed by atoms with E-state index < -0.39 is 10.5 Å². The number of hydrogen-bond donors (Lipinski definition) is 2. The van der Waals surface area contributed by atoms with Crippen LogP contribution in [0.25, 0.3) is 0 Å². The lowest BCUT2D eigenvalue weighted by Crippen LogP contribution is -2.42. The van der Waals surface area contributed by atoms with E-state index in [4.69, 9.17) is 0 Å². The maximum Gasteiger partial charge on any atom is 0.269 e. The molecule has 1 heterocycles. The zero-order valence-corrected chi connectivity index (χ0v) is 14.7. The van der Waals surface area contributed by atoms with E-state index in [0.717, 1.165) is 31.5 Å². The first kappa shape index (κ1) is 18.4. The van der Waals surface area contributed by atoms with Crippen molar-refractivity contribution < 1.29 is 9.72 Å². The van der Waals surface area contributed by atoms with E-state index in [1.54, 1.807) is 12.1 Å². The first-order valence-corrected chi connectivity index (χ1v) is 8.56. The monoisotopic (exact) mass is 333 g/mol. The normalized spacial score (nSPS) is 17.3. The van der Waals surface area contributed by atoms with Crippen molar-refractivity contribution in [3.05, 3.63) is 39.9 Å². The number of carbonyl (C=O) groups excluding carboxylic acids is 1. The Hall–Kier alpha value is -1.95. The molecule has 0 aromatic heterocycles. The summed E-state index contributed by atoms with van der Waals surface area (Å²) in [5.41, 5.74) is 0.358. The van der Waals surface area contributed by atoms with Crippen molar-refractivity contribution in [2.45, 2.75) is 45.6 Å². The SMILES string of the molecule is CC(CC(=O)NC(C)(C)c1ccc([N+](=O)[O-])cc1)C1CCNCC1. The molecule has 2 rings (SSSR count). The number of amides is 1. The Labute approximate surface area is 143 Å². The summed E-state index contributed by atoms with van der Waals surface area (Å²) < 4.78 is 0. The van der Waals surface area contributed by atoms with E-state index in [0.29, 0.717) is 18.3 Å². The zero-order chi connectivity index (χ0) is 17.7. The van der Waals surface area contributed by atoms with Crippen LogP contribution in [-0.2, 0) is 10.3 Å². The Balaban J connectivity index is 1.94. The van der Waals surface area contributed by atoms with E-state index in [9.17, 15) is 14.9 Å². The Morgan fingerprint density at radius 3 is 2.46 bits per heavy atom. The van der Waals surface area contributed by atoms with Crippen LogP contribution in [0.4, 0.5) is 5.69 Å². The number of carbonyl (C=O) groups is 1. The Bertz CT molecular complexity index is 578. The van der Waals surface area contributed by atoms with Gasteiger partial charge in [-0.25, -0.2) is 0 Å². The quantitative estimate of drug-likeness (QED) is 0.619. The summed E-state index contributed by atoms with van der Waals surface area (Å²) in [7, 11) is 0. The fourth-order valence-corrected chi connectivity index (χ4v) is 3.34. The van der Waals surface area contributed by atoms with Crippen LogP contribution in [0.2, 0.25) is 0 Å². The van der Waals surface area contributed by atoms with Crippen molar-refractivity contribution in [1.29, 1.82) is 0 Å². The first-order chi connectivity index (χ1) is 11.3. The fourth-order valence-electron chi connectivity index (χ4n) is 3.34. The number of nitro benzene ring substituents is 1. The molecule has 1 atom stereocenters. The number of nitrogens with zero attached hydrogens (tertiary/aromatic N) is 1. The van der Waals surface area contributed by atoms with Gasteiger partial charge in [0.1, 0.15) is 0 Å². The van der Waals surface area contributed by atoms with Gasteiger partial charge in [0.05, 0.1) is 10.5 Å². The highest BCUT2D eigenvalue weighted by atomic mass is 16.6. The molecule has 0 saturated carbocycles. The maximum atomic E-state index is 12.4. The van der Waals surface area contributed by atoms with E-state index in [2.05, 4.69) is 17.6 Å². The van der Waals surface area contributed by atoms with Gasteiger partial charge in [-0.3, -0.25) is 14.9 Å². The number of nitrogens with one attached hydrogen (secondary N) is 2. The molecule has 1 amide bonds. The lowest BCUT2D eigenvalue weighted by molar-refractivity contribution is -0.384. The van der Waals surface area contributed by atoms with Crippen LogP contribution in [0.5, 0.6) is 0 Å². The summed E-state index contributed by atoms with van der Waals surface area (Å²) in [6.07, 6.45) is 2.77. The third kappa shape index (κ3) is 4.77. The van der Waals surface area contributed by atoms with Crippen molar-refractivity contribution in [3.63, 3.8) is 0 Å². The van der Waals surface area contributed by atoms with E-state index in [-0.39, 0.29) is 11.6 Å². The smallest absolute Gasteiger partial charge is 0.269 e. The first-order valence-electron chi connectivity index (χ1n) is 8.56. The minimum Gasteiger partial charge on any atom is -0.347 e. The zero-order valence-electron chi connectivity index (χ0n) is 14.7. The number of benzene rings is 1. The third-order valence-corrected chi connectivity index (χ3v) is 4.95. The molecule has 2 N–H and O–H groups in total. The molecule has 6 nitrogen and oxygen atoms in total. The Morgan fingerprint density at radius 1 is 1.33 bits per heavy atom. The second-order valence-corrected chi connectivity index (χ2v) is 7.25. The largest absolute Gasteiger partial charge is 0.347 e. The number of non-ortho nitro benzene ring substituents is 1.